The Hall–Kier alpha value is -3.37. The van der Waals surface area contributed by atoms with Crippen LogP contribution in [0.3, 0.4) is 0 Å². The first kappa shape index (κ1) is 21.9. The van der Waals surface area contributed by atoms with Gasteiger partial charge in [-0.05, 0) is 42.6 Å². The third kappa shape index (κ3) is 6.63. The summed E-state index contributed by atoms with van der Waals surface area (Å²) in [6.45, 7) is 1.32. The number of thiocarbonyl (C=S) groups is 2. The molecule has 2 amide bonds. The van der Waals surface area contributed by atoms with Crippen LogP contribution in [0.2, 0.25) is 0 Å². The molecule has 2 aromatic carbocycles. The maximum absolute atomic E-state index is 12.7. The van der Waals surface area contributed by atoms with Crippen molar-refractivity contribution in [3.63, 3.8) is 0 Å². The van der Waals surface area contributed by atoms with Crippen molar-refractivity contribution in [3.8, 4) is 0 Å². The van der Waals surface area contributed by atoms with Crippen molar-refractivity contribution in [1.29, 1.82) is 0 Å². The summed E-state index contributed by atoms with van der Waals surface area (Å²) in [5.74, 6) is -0.544. The highest BCUT2D eigenvalue weighted by atomic mass is 32.1. The van der Waals surface area contributed by atoms with E-state index >= 15 is 0 Å². The van der Waals surface area contributed by atoms with Gasteiger partial charge in [0.15, 0.2) is 16.0 Å². The van der Waals surface area contributed by atoms with Gasteiger partial charge in [0.1, 0.15) is 0 Å². The molecule has 0 bridgehead atoms. The SMILES string of the molecule is COC(=O)NC(=S)Nc1ccc(C(=O)c2ccccc2)cc1NC(=S)NC(C)=O. The Morgan fingerprint density at radius 1 is 0.828 bits per heavy atom. The lowest BCUT2D eigenvalue weighted by Crippen LogP contribution is -2.35. The van der Waals surface area contributed by atoms with Gasteiger partial charge in [0.25, 0.3) is 0 Å². The second-order valence-corrected chi connectivity index (χ2v) is 6.48. The number of ketones is 1. The van der Waals surface area contributed by atoms with Gasteiger partial charge in [-0.25, -0.2) is 4.79 Å². The molecule has 0 saturated heterocycles. The van der Waals surface area contributed by atoms with Crippen LogP contribution in [-0.2, 0) is 9.53 Å². The fourth-order valence-corrected chi connectivity index (χ4v) is 2.71. The molecule has 0 saturated carbocycles. The molecule has 150 valence electrons. The normalized spacial score (nSPS) is 9.72. The van der Waals surface area contributed by atoms with Crippen molar-refractivity contribution < 1.29 is 19.1 Å². The summed E-state index contributed by atoms with van der Waals surface area (Å²) >= 11 is 10.2. The molecular weight excluding hydrogens is 412 g/mol. The minimum absolute atomic E-state index is 0.0209. The van der Waals surface area contributed by atoms with Crippen LogP contribution >= 0.6 is 24.4 Å². The van der Waals surface area contributed by atoms with Crippen molar-refractivity contribution in [2.24, 2.45) is 0 Å². The Balaban J connectivity index is 2.32. The number of methoxy groups -OCH3 is 1. The lowest BCUT2D eigenvalue weighted by molar-refractivity contribution is -0.117. The van der Waals surface area contributed by atoms with Crippen molar-refractivity contribution in [2.75, 3.05) is 17.7 Å². The number of carbonyl (C=O) groups excluding carboxylic acids is 3. The van der Waals surface area contributed by atoms with Crippen LogP contribution in [0, 0.1) is 0 Å². The molecule has 2 rings (SSSR count). The maximum atomic E-state index is 12.7. The fourth-order valence-electron chi connectivity index (χ4n) is 2.26. The second kappa shape index (κ2) is 10.2. The number of hydrogen-bond donors (Lipinski definition) is 4. The summed E-state index contributed by atoms with van der Waals surface area (Å²) in [7, 11) is 1.21. The summed E-state index contributed by atoms with van der Waals surface area (Å²) in [5.41, 5.74) is 1.71. The highest BCUT2D eigenvalue weighted by Gasteiger charge is 2.14. The summed E-state index contributed by atoms with van der Waals surface area (Å²) < 4.78 is 4.49. The summed E-state index contributed by atoms with van der Waals surface area (Å²) in [6.07, 6.45) is -0.735. The van der Waals surface area contributed by atoms with E-state index in [-0.39, 0.29) is 21.9 Å². The van der Waals surface area contributed by atoms with Crippen LogP contribution in [0.4, 0.5) is 16.2 Å². The Kier molecular flexibility index (Phi) is 7.75. The van der Waals surface area contributed by atoms with Crippen molar-refractivity contribution in [1.82, 2.24) is 10.6 Å². The predicted molar refractivity (Wildman–Crippen MR) is 118 cm³/mol. The van der Waals surface area contributed by atoms with E-state index in [1.165, 1.54) is 14.0 Å². The Bertz CT molecular complexity index is 964. The predicted octanol–water partition coefficient (Wildman–Crippen LogP) is 2.80. The number of hydrogen-bond acceptors (Lipinski definition) is 6. The molecule has 0 heterocycles. The molecule has 10 heteroatoms. The summed E-state index contributed by atoms with van der Waals surface area (Å²) in [4.78, 5) is 35.3. The minimum atomic E-state index is -0.735. The average molecular weight is 431 g/mol. The largest absolute Gasteiger partial charge is 0.453 e. The number of ether oxygens (including phenoxy) is 1. The number of anilines is 2. The third-order valence-electron chi connectivity index (χ3n) is 3.50. The van der Waals surface area contributed by atoms with E-state index < -0.39 is 6.09 Å². The van der Waals surface area contributed by atoms with Crippen molar-refractivity contribution in [2.45, 2.75) is 6.92 Å². The molecule has 29 heavy (non-hydrogen) atoms. The van der Waals surface area contributed by atoms with Gasteiger partial charge in [0, 0.05) is 18.1 Å². The molecule has 2 aromatic rings. The van der Waals surface area contributed by atoms with Crippen molar-refractivity contribution >= 4 is 63.8 Å². The standard InChI is InChI=1S/C19H18N4O4S2/c1-11(24)20-17(28)22-15-10-13(16(25)12-6-4-3-5-7-12)8-9-14(15)21-18(29)23-19(26)27-2/h3-10H,1-2H3,(H2,20,22,24,28)(H2,21,23,26,29). The van der Waals surface area contributed by atoms with Gasteiger partial charge >= 0.3 is 6.09 Å². The molecule has 8 nitrogen and oxygen atoms in total. The number of rotatable bonds is 4. The lowest BCUT2D eigenvalue weighted by Gasteiger charge is -2.16. The summed E-state index contributed by atoms with van der Waals surface area (Å²) in [5, 5.41) is 10.4. The molecule has 0 radical (unpaired) electrons. The van der Waals surface area contributed by atoms with Gasteiger partial charge in [0.2, 0.25) is 5.91 Å². The number of amides is 2. The maximum Gasteiger partial charge on any atom is 0.413 e. The zero-order valence-electron chi connectivity index (χ0n) is 15.6. The van der Waals surface area contributed by atoms with Crippen LogP contribution < -0.4 is 21.3 Å². The van der Waals surface area contributed by atoms with E-state index in [9.17, 15) is 14.4 Å². The van der Waals surface area contributed by atoms with Crippen LogP contribution in [0.1, 0.15) is 22.8 Å². The van der Waals surface area contributed by atoms with Gasteiger partial charge in [-0.2, -0.15) is 0 Å². The first-order valence-corrected chi connectivity index (χ1v) is 9.10. The lowest BCUT2D eigenvalue weighted by atomic mass is 10.0. The zero-order chi connectivity index (χ0) is 21.4. The van der Waals surface area contributed by atoms with E-state index in [1.807, 2.05) is 6.07 Å². The highest BCUT2D eigenvalue weighted by Crippen LogP contribution is 2.25. The molecule has 0 aromatic heterocycles. The number of alkyl carbamates (subject to hydrolysis) is 1. The van der Waals surface area contributed by atoms with Crippen LogP contribution in [0.15, 0.2) is 48.5 Å². The van der Waals surface area contributed by atoms with Crippen LogP contribution in [0.5, 0.6) is 0 Å². The van der Waals surface area contributed by atoms with Gasteiger partial charge in [-0.3, -0.25) is 14.9 Å². The van der Waals surface area contributed by atoms with Gasteiger partial charge in [-0.15, -0.1) is 0 Å². The van der Waals surface area contributed by atoms with Crippen molar-refractivity contribution in [3.05, 3.63) is 59.7 Å². The van der Waals surface area contributed by atoms with E-state index in [4.69, 9.17) is 24.4 Å². The Labute approximate surface area is 178 Å². The quantitative estimate of drug-likeness (QED) is 0.433. The molecular formula is C19H18N4O4S2. The molecule has 0 aliphatic carbocycles. The Morgan fingerprint density at radius 2 is 1.45 bits per heavy atom. The molecule has 0 fully saturated rings. The third-order valence-corrected chi connectivity index (χ3v) is 3.91. The number of nitrogens with one attached hydrogen (secondary N) is 4. The highest BCUT2D eigenvalue weighted by molar-refractivity contribution is 7.80. The van der Waals surface area contributed by atoms with Crippen LogP contribution in [0.25, 0.3) is 0 Å². The molecule has 0 aliphatic heterocycles. The zero-order valence-corrected chi connectivity index (χ0v) is 17.2. The van der Waals surface area contributed by atoms with E-state index in [0.29, 0.717) is 22.5 Å². The molecule has 4 N–H and O–H groups in total. The van der Waals surface area contributed by atoms with Gasteiger partial charge in [0.05, 0.1) is 18.5 Å². The second-order valence-electron chi connectivity index (χ2n) is 5.66. The van der Waals surface area contributed by atoms with E-state index in [2.05, 4.69) is 26.0 Å². The monoisotopic (exact) mass is 430 g/mol. The number of benzene rings is 2. The molecule has 0 atom stereocenters. The minimum Gasteiger partial charge on any atom is -0.453 e. The number of carbonyl (C=O) groups is 3. The molecule has 0 aliphatic rings. The molecule has 0 unspecified atom stereocenters. The topological polar surface area (TPSA) is 109 Å². The first-order valence-electron chi connectivity index (χ1n) is 8.28. The Morgan fingerprint density at radius 3 is 2.07 bits per heavy atom. The van der Waals surface area contributed by atoms with Gasteiger partial charge in [-0.1, -0.05) is 30.3 Å². The fraction of sp³-hybridized carbons (Fsp3) is 0.105. The van der Waals surface area contributed by atoms with E-state index in [0.717, 1.165) is 0 Å². The van der Waals surface area contributed by atoms with Gasteiger partial charge < -0.3 is 20.7 Å². The smallest absolute Gasteiger partial charge is 0.413 e. The average Bonchev–Trinajstić information content (AvgIpc) is 2.68. The van der Waals surface area contributed by atoms with Crippen LogP contribution in [-0.4, -0.2) is 35.1 Å². The van der Waals surface area contributed by atoms with E-state index in [1.54, 1.807) is 42.5 Å². The molecule has 0 spiro atoms. The summed E-state index contributed by atoms with van der Waals surface area (Å²) in [6, 6.07) is 13.5. The first-order chi connectivity index (χ1) is 13.8.